The van der Waals surface area contributed by atoms with Gasteiger partial charge in [0.1, 0.15) is 5.69 Å². The molecule has 0 unspecified atom stereocenters. The van der Waals surface area contributed by atoms with Crippen LogP contribution in [0.25, 0.3) is 0 Å². The fraction of sp³-hybridized carbons (Fsp3) is 0.429. The summed E-state index contributed by atoms with van der Waals surface area (Å²) in [5, 5.41) is 3.02. The van der Waals surface area contributed by atoms with Crippen molar-refractivity contribution in [2.75, 3.05) is 26.2 Å². The molecule has 2 saturated heterocycles. The second kappa shape index (κ2) is 7.19. The van der Waals surface area contributed by atoms with Gasteiger partial charge in [0.25, 0.3) is 11.8 Å². The van der Waals surface area contributed by atoms with Gasteiger partial charge in [0.2, 0.25) is 0 Å². The lowest BCUT2D eigenvalue weighted by molar-refractivity contribution is 0.0674. The highest BCUT2D eigenvalue weighted by Gasteiger charge is 2.45. The lowest BCUT2D eigenvalue weighted by Crippen LogP contribution is -2.35. The third-order valence-corrected chi connectivity index (χ3v) is 5.69. The molecule has 6 nitrogen and oxygen atoms in total. The minimum absolute atomic E-state index is 0.0586. The molecule has 2 fully saturated rings. The minimum Gasteiger partial charge on any atom is -0.376 e. The Hall–Kier alpha value is -2.60. The lowest BCUT2D eigenvalue weighted by Gasteiger charge is -2.20. The number of hydrogen-bond donors (Lipinski definition) is 1. The van der Waals surface area contributed by atoms with Crippen LogP contribution in [0, 0.1) is 18.8 Å². The van der Waals surface area contributed by atoms with Crippen LogP contribution in [0.4, 0.5) is 0 Å². The van der Waals surface area contributed by atoms with E-state index < -0.39 is 0 Å². The molecule has 2 aromatic rings. The second-order valence-electron chi connectivity index (χ2n) is 7.59. The average Bonchev–Trinajstić information content (AvgIpc) is 3.35. The Morgan fingerprint density at radius 3 is 2.81 bits per heavy atom. The highest BCUT2D eigenvalue weighted by molar-refractivity contribution is 5.94. The Kier molecular flexibility index (Phi) is 4.74. The number of benzene rings is 1. The van der Waals surface area contributed by atoms with Crippen molar-refractivity contribution in [2.45, 2.75) is 13.0 Å². The number of aromatic nitrogens is 1. The zero-order valence-corrected chi connectivity index (χ0v) is 15.7. The van der Waals surface area contributed by atoms with Crippen LogP contribution in [0.2, 0.25) is 0 Å². The summed E-state index contributed by atoms with van der Waals surface area (Å²) < 4.78 is 7.73. The molecule has 3 heterocycles. The number of rotatable bonds is 4. The van der Waals surface area contributed by atoms with Gasteiger partial charge < -0.3 is 19.5 Å². The topological polar surface area (TPSA) is 63.6 Å². The normalized spacial score (nSPS) is 24.1. The molecule has 1 aromatic heterocycles. The summed E-state index contributed by atoms with van der Waals surface area (Å²) >= 11 is 0. The summed E-state index contributed by atoms with van der Waals surface area (Å²) in [6.07, 6.45) is 1.92. The van der Waals surface area contributed by atoms with Crippen LogP contribution in [0.5, 0.6) is 0 Å². The number of aryl methyl sites for hydroxylation is 2. The van der Waals surface area contributed by atoms with E-state index in [1.807, 2.05) is 55.4 Å². The van der Waals surface area contributed by atoms with Crippen molar-refractivity contribution in [3.63, 3.8) is 0 Å². The second-order valence-corrected chi connectivity index (χ2v) is 7.59. The van der Waals surface area contributed by atoms with Crippen LogP contribution in [0.1, 0.15) is 26.4 Å². The third-order valence-electron chi connectivity index (χ3n) is 5.69. The predicted molar refractivity (Wildman–Crippen MR) is 102 cm³/mol. The van der Waals surface area contributed by atoms with E-state index in [-0.39, 0.29) is 29.8 Å². The molecule has 2 aliphatic heterocycles. The van der Waals surface area contributed by atoms with Gasteiger partial charge in [0.15, 0.2) is 0 Å². The van der Waals surface area contributed by atoms with Crippen molar-refractivity contribution in [1.29, 1.82) is 0 Å². The number of nitrogens with zero attached hydrogens (tertiary/aromatic N) is 2. The van der Waals surface area contributed by atoms with Crippen molar-refractivity contribution in [3.05, 3.63) is 59.4 Å². The van der Waals surface area contributed by atoms with E-state index in [0.717, 1.165) is 11.1 Å². The van der Waals surface area contributed by atoms with E-state index in [2.05, 4.69) is 5.32 Å². The van der Waals surface area contributed by atoms with Gasteiger partial charge >= 0.3 is 0 Å². The number of carbonyl (C=O) groups is 2. The van der Waals surface area contributed by atoms with E-state index in [1.165, 1.54) is 0 Å². The van der Waals surface area contributed by atoms with Crippen LogP contribution in [-0.2, 0) is 11.8 Å². The van der Waals surface area contributed by atoms with Crippen molar-refractivity contribution < 1.29 is 14.3 Å². The Bertz CT molecular complexity index is 860. The maximum absolute atomic E-state index is 12.8. The highest BCUT2D eigenvalue weighted by Crippen LogP contribution is 2.34. The molecule has 6 heteroatoms. The molecule has 0 saturated carbocycles. The molecule has 1 aromatic carbocycles. The fourth-order valence-electron chi connectivity index (χ4n) is 4.15. The van der Waals surface area contributed by atoms with E-state index in [0.29, 0.717) is 31.9 Å². The van der Waals surface area contributed by atoms with Crippen molar-refractivity contribution in [3.8, 4) is 0 Å². The first-order valence-electron chi connectivity index (χ1n) is 9.40. The van der Waals surface area contributed by atoms with Gasteiger partial charge in [0.05, 0.1) is 12.7 Å². The SMILES string of the molecule is Cc1cccc(C(=O)N2C[C@@H]3[C@H](CNC(=O)c4cccn4C)CO[C@@H]3C2)c1. The van der Waals surface area contributed by atoms with Gasteiger partial charge in [-0.15, -0.1) is 0 Å². The molecule has 3 atom stereocenters. The van der Waals surface area contributed by atoms with Gasteiger partial charge in [-0.2, -0.15) is 0 Å². The van der Waals surface area contributed by atoms with Crippen LogP contribution in [0.3, 0.4) is 0 Å². The first-order valence-corrected chi connectivity index (χ1v) is 9.40. The van der Waals surface area contributed by atoms with E-state index in [4.69, 9.17) is 4.74 Å². The van der Waals surface area contributed by atoms with Crippen LogP contribution >= 0.6 is 0 Å². The van der Waals surface area contributed by atoms with Gasteiger partial charge in [-0.25, -0.2) is 0 Å². The number of fused-ring (bicyclic) bond motifs is 1. The van der Waals surface area contributed by atoms with E-state index in [9.17, 15) is 9.59 Å². The number of hydrogen-bond acceptors (Lipinski definition) is 3. The van der Waals surface area contributed by atoms with Gasteiger partial charge in [-0.3, -0.25) is 9.59 Å². The smallest absolute Gasteiger partial charge is 0.267 e. The van der Waals surface area contributed by atoms with Gasteiger partial charge in [0, 0.05) is 50.3 Å². The quantitative estimate of drug-likeness (QED) is 0.897. The van der Waals surface area contributed by atoms with Crippen molar-refractivity contribution in [2.24, 2.45) is 18.9 Å². The zero-order chi connectivity index (χ0) is 19.0. The molecule has 0 spiro atoms. The van der Waals surface area contributed by atoms with Crippen molar-refractivity contribution >= 4 is 11.8 Å². The van der Waals surface area contributed by atoms with Gasteiger partial charge in [-0.1, -0.05) is 17.7 Å². The minimum atomic E-state index is -0.0726. The molecule has 2 amide bonds. The maximum Gasteiger partial charge on any atom is 0.267 e. The van der Waals surface area contributed by atoms with Crippen LogP contribution in [-0.4, -0.2) is 53.6 Å². The lowest BCUT2D eigenvalue weighted by atomic mass is 9.93. The summed E-state index contributed by atoms with van der Waals surface area (Å²) in [6.45, 7) is 4.50. The summed E-state index contributed by atoms with van der Waals surface area (Å²) in [5.74, 6) is 0.488. The Morgan fingerprint density at radius 1 is 1.22 bits per heavy atom. The van der Waals surface area contributed by atoms with E-state index in [1.54, 1.807) is 10.6 Å². The molecule has 2 aliphatic rings. The first-order chi connectivity index (χ1) is 13.0. The Labute approximate surface area is 159 Å². The standard InChI is InChI=1S/C21H25N3O3/c1-14-5-3-6-15(9-14)21(26)24-11-17-16(13-27-19(17)12-24)10-22-20(25)18-7-4-8-23(18)2/h3-9,16-17,19H,10-13H2,1-2H3,(H,22,25)/t16-,17-,19-/m1/s1. The highest BCUT2D eigenvalue weighted by atomic mass is 16.5. The average molecular weight is 367 g/mol. The summed E-state index contributed by atoms with van der Waals surface area (Å²) in [6, 6.07) is 11.4. The Balaban J connectivity index is 1.36. The molecule has 0 bridgehead atoms. The third kappa shape index (κ3) is 3.49. The van der Waals surface area contributed by atoms with Crippen LogP contribution < -0.4 is 5.32 Å². The number of likely N-dealkylation sites (tertiary alicyclic amines) is 1. The van der Waals surface area contributed by atoms with Gasteiger partial charge in [-0.05, 0) is 31.2 Å². The summed E-state index contributed by atoms with van der Waals surface area (Å²) in [4.78, 5) is 27.0. The molecule has 0 aliphatic carbocycles. The largest absolute Gasteiger partial charge is 0.376 e. The number of ether oxygens (including phenoxy) is 1. The molecular formula is C21H25N3O3. The predicted octanol–water partition coefficient (Wildman–Crippen LogP) is 1.85. The maximum atomic E-state index is 12.8. The first kappa shape index (κ1) is 17.8. The monoisotopic (exact) mass is 367 g/mol. The molecular weight excluding hydrogens is 342 g/mol. The van der Waals surface area contributed by atoms with E-state index >= 15 is 0 Å². The molecule has 1 N–H and O–H groups in total. The summed E-state index contributed by atoms with van der Waals surface area (Å²) in [7, 11) is 1.86. The van der Waals surface area contributed by atoms with Crippen LogP contribution in [0.15, 0.2) is 42.6 Å². The molecule has 142 valence electrons. The molecule has 4 rings (SSSR count). The molecule has 27 heavy (non-hydrogen) atoms. The zero-order valence-electron chi connectivity index (χ0n) is 15.7. The summed E-state index contributed by atoms with van der Waals surface area (Å²) in [5.41, 5.74) is 2.45. The fourth-order valence-corrected chi connectivity index (χ4v) is 4.15. The number of amides is 2. The number of nitrogens with one attached hydrogen (secondary N) is 1. The number of carbonyl (C=O) groups excluding carboxylic acids is 2. The Morgan fingerprint density at radius 2 is 2.07 bits per heavy atom. The molecule has 0 radical (unpaired) electrons. The van der Waals surface area contributed by atoms with Crippen molar-refractivity contribution in [1.82, 2.24) is 14.8 Å².